The van der Waals surface area contributed by atoms with Gasteiger partial charge < -0.3 is 27.9 Å². The quantitative estimate of drug-likeness (QED) is 0.0195. The van der Waals surface area contributed by atoms with Crippen molar-refractivity contribution in [2.24, 2.45) is 0 Å². The number of hydrogen-bond acceptors (Lipinski definition) is 8. The molecule has 2 atom stereocenters. The zero-order valence-corrected chi connectivity index (χ0v) is 42.4. The molecule has 0 aliphatic carbocycles. The Hall–Kier alpha value is -2.03. The van der Waals surface area contributed by atoms with Gasteiger partial charge in [-0.2, -0.15) is 0 Å². The second-order valence-electron chi connectivity index (χ2n) is 18.5. The smallest absolute Gasteiger partial charge is 0.306 e. The van der Waals surface area contributed by atoms with Gasteiger partial charge in [-0.05, 0) is 51.4 Å². The van der Waals surface area contributed by atoms with E-state index < -0.39 is 26.5 Å². The van der Waals surface area contributed by atoms with Crippen LogP contribution < -0.4 is 4.89 Å². The molecule has 0 bridgehead atoms. The third-order valence-electron chi connectivity index (χ3n) is 11.1. The zero-order valence-electron chi connectivity index (χ0n) is 41.5. The molecule has 2 unspecified atom stereocenters. The maximum absolute atomic E-state index is 12.7. The average Bonchev–Trinajstić information content (AvgIpc) is 3.24. The number of carbonyl (C=O) groups is 2. The fourth-order valence-corrected chi connectivity index (χ4v) is 7.85. The summed E-state index contributed by atoms with van der Waals surface area (Å²) in [5.74, 6) is -0.832. The second kappa shape index (κ2) is 45.1. The van der Waals surface area contributed by atoms with Crippen molar-refractivity contribution < 1.29 is 42.1 Å². The summed E-state index contributed by atoms with van der Waals surface area (Å²) in [6, 6.07) is 0. The Bertz CT molecular complexity index is 1210. The van der Waals surface area contributed by atoms with E-state index in [9.17, 15) is 19.0 Å². The van der Waals surface area contributed by atoms with Crippen LogP contribution in [-0.4, -0.2) is 70.0 Å². The Morgan fingerprint density at radius 1 is 0.508 bits per heavy atom. The number of phosphoric acid groups is 1. The third kappa shape index (κ3) is 49.2. The monoisotopic (exact) mass is 908 g/mol. The first kappa shape index (κ1) is 61.0. The molecule has 0 amide bonds. The molecule has 0 radical (unpaired) electrons. The maximum Gasteiger partial charge on any atom is 0.306 e. The number of hydrogen-bond donors (Lipinski definition) is 0. The van der Waals surface area contributed by atoms with Crippen LogP contribution in [0.4, 0.5) is 0 Å². The summed E-state index contributed by atoms with van der Waals surface area (Å²) in [5.41, 5.74) is 0. The average molecular weight is 908 g/mol. The molecule has 0 aliphatic rings. The van der Waals surface area contributed by atoms with Gasteiger partial charge in [-0.1, -0.05) is 210 Å². The second-order valence-corrected chi connectivity index (χ2v) is 19.9. The maximum atomic E-state index is 12.7. The Morgan fingerprint density at radius 3 is 1.35 bits per heavy atom. The Morgan fingerprint density at radius 2 is 0.905 bits per heavy atom. The largest absolute Gasteiger partial charge is 0.756 e. The number of esters is 2. The molecule has 0 fully saturated rings. The minimum absolute atomic E-state index is 0.0293. The van der Waals surface area contributed by atoms with Gasteiger partial charge >= 0.3 is 11.9 Å². The minimum atomic E-state index is -4.62. The first-order valence-corrected chi connectivity index (χ1v) is 27.3. The van der Waals surface area contributed by atoms with E-state index in [-0.39, 0.29) is 32.0 Å². The predicted octanol–water partition coefficient (Wildman–Crippen LogP) is 14.8. The lowest BCUT2D eigenvalue weighted by Crippen LogP contribution is -2.37. The number of ether oxygens (including phenoxy) is 2. The Balaban J connectivity index is 3.97. The van der Waals surface area contributed by atoms with Gasteiger partial charge in [-0.25, -0.2) is 0 Å². The molecule has 0 rings (SSSR count). The summed E-state index contributed by atoms with van der Waals surface area (Å²) in [7, 11) is 1.17. The lowest BCUT2D eigenvalue weighted by molar-refractivity contribution is -0.870. The number of allylic oxidation sites excluding steroid dienone is 8. The molecule has 0 saturated carbocycles. The van der Waals surface area contributed by atoms with Crippen molar-refractivity contribution >= 4 is 19.8 Å². The van der Waals surface area contributed by atoms with E-state index in [1.807, 2.05) is 21.1 Å². The van der Waals surface area contributed by atoms with E-state index in [2.05, 4.69) is 62.5 Å². The van der Waals surface area contributed by atoms with Gasteiger partial charge in [-0.15, -0.1) is 0 Å². The number of quaternary nitrogens is 1. The van der Waals surface area contributed by atoms with Crippen LogP contribution in [-0.2, 0) is 32.7 Å². The molecule has 0 aromatic heterocycles. The van der Waals surface area contributed by atoms with Gasteiger partial charge in [0.2, 0.25) is 0 Å². The predicted molar refractivity (Wildman–Crippen MR) is 264 cm³/mol. The molecule has 0 spiro atoms. The van der Waals surface area contributed by atoms with Crippen LogP contribution in [0.25, 0.3) is 0 Å². The molecule has 0 N–H and O–H groups in total. The van der Waals surface area contributed by atoms with Crippen molar-refractivity contribution in [3.63, 3.8) is 0 Å². The zero-order chi connectivity index (χ0) is 46.4. The van der Waals surface area contributed by atoms with Crippen molar-refractivity contribution in [1.82, 2.24) is 0 Å². The van der Waals surface area contributed by atoms with E-state index >= 15 is 0 Å². The van der Waals surface area contributed by atoms with Gasteiger partial charge in [0.1, 0.15) is 19.8 Å². The highest BCUT2D eigenvalue weighted by atomic mass is 31.2. The SMILES string of the molecule is CC/C=C\C/C=C\C/C=C\C/C=C\CCCCCCCCCCCCCCCCCCCCC(=O)OC(COC(=O)CCCCCCCCCC)COP(=O)([O-])OCC[N+](C)(C)C. The number of likely N-dealkylation sites (N-methyl/N-ethyl adjacent to an activating group) is 1. The molecule has 0 aliphatic heterocycles. The number of nitrogens with zero attached hydrogens (tertiary/aromatic N) is 1. The molecule has 0 aromatic rings. The van der Waals surface area contributed by atoms with Crippen molar-refractivity contribution in [2.75, 3.05) is 47.5 Å². The topological polar surface area (TPSA) is 111 Å². The molecule has 0 heterocycles. The van der Waals surface area contributed by atoms with Gasteiger partial charge in [0, 0.05) is 12.8 Å². The van der Waals surface area contributed by atoms with Crippen LogP contribution in [0.3, 0.4) is 0 Å². The molecular formula is C53H98NO8P. The molecule has 63 heavy (non-hydrogen) atoms. The fourth-order valence-electron chi connectivity index (χ4n) is 7.12. The summed E-state index contributed by atoms with van der Waals surface area (Å²) in [5, 5.41) is 0. The fraction of sp³-hybridized carbons (Fsp3) is 0.811. The van der Waals surface area contributed by atoms with E-state index in [0.29, 0.717) is 17.4 Å². The highest BCUT2D eigenvalue weighted by molar-refractivity contribution is 7.45. The van der Waals surface area contributed by atoms with Gasteiger partial charge in [0.15, 0.2) is 6.10 Å². The highest BCUT2D eigenvalue weighted by Crippen LogP contribution is 2.38. The molecule has 9 nitrogen and oxygen atoms in total. The summed E-state index contributed by atoms with van der Waals surface area (Å²) in [6.07, 6.45) is 54.7. The molecule has 0 aromatic carbocycles. The third-order valence-corrected chi connectivity index (χ3v) is 12.1. The Kier molecular flexibility index (Phi) is 43.7. The first-order chi connectivity index (χ1) is 30.5. The van der Waals surface area contributed by atoms with Crippen molar-refractivity contribution in [3.8, 4) is 0 Å². The van der Waals surface area contributed by atoms with Crippen molar-refractivity contribution in [3.05, 3.63) is 48.6 Å². The van der Waals surface area contributed by atoms with E-state index in [1.165, 1.54) is 128 Å². The van der Waals surface area contributed by atoms with Crippen LogP contribution >= 0.6 is 7.82 Å². The van der Waals surface area contributed by atoms with E-state index in [4.69, 9.17) is 18.5 Å². The first-order valence-electron chi connectivity index (χ1n) is 25.8. The minimum Gasteiger partial charge on any atom is -0.756 e. The van der Waals surface area contributed by atoms with E-state index in [0.717, 1.165) is 64.2 Å². The van der Waals surface area contributed by atoms with E-state index in [1.54, 1.807) is 0 Å². The van der Waals surface area contributed by atoms with Gasteiger partial charge in [0.05, 0.1) is 27.7 Å². The summed E-state index contributed by atoms with van der Waals surface area (Å²) in [6.45, 7) is 4.10. The molecule has 368 valence electrons. The van der Waals surface area contributed by atoms with Crippen LogP contribution in [0.2, 0.25) is 0 Å². The summed E-state index contributed by atoms with van der Waals surface area (Å²) < 4.78 is 33.9. The highest BCUT2D eigenvalue weighted by Gasteiger charge is 2.21. The van der Waals surface area contributed by atoms with Gasteiger partial charge in [0.25, 0.3) is 7.82 Å². The summed E-state index contributed by atoms with van der Waals surface area (Å²) >= 11 is 0. The number of carbonyl (C=O) groups excluding carboxylic acids is 2. The lowest BCUT2D eigenvalue weighted by Gasteiger charge is -2.28. The molecule has 10 heteroatoms. The normalized spacial score (nSPS) is 13.8. The van der Waals surface area contributed by atoms with Crippen LogP contribution in [0, 0.1) is 0 Å². The lowest BCUT2D eigenvalue weighted by atomic mass is 10.0. The van der Waals surface area contributed by atoms with Crippen molar-refractivity contribution in [2.45, 2.75) is 232 Å². The van der Waals surface area contributed by atoms with Gasteiger partial charge in [-0.3, -0.25) is 14.2 Å². The summed E-state index contributed by atoms with van der Waals surface area (Å²) in [4.78, 5) is 37.5. The van der Waals surface area contributed by atoms with Crippen LogP contribution in [0.1, 0.15) is 226 Å². The van der Waals surface area contributed by atoms with Crippen LogP contribution in [0.5, 0.6) is 0 Å². The number of phosphoric ester groups is 1. The molecule has 0 saturated heterocycles. The Labute approximate surface area is 388 Å². The standard InChI is InChI=1S/C53H98NO8P/c1-6-8-10-12-14-16-17-18-19-20-21-22-23-24-25-26-27-28-29-30-31-32-33-34-35-36-37-38-40-42-44-46-53(56)62-51(50-61-63(57,58)60-48-47-54(3,4)5)49-59-52(55)45-43-41-39-15-13-11-9-7-2/h8,10,14,16,18-19,21-22,51H,6-7,9,11-13,15,17,20,23-50H2,1-5H3/b10-8-,16-14-,19-18-,22-21-. The van der Waals surface area contributed by atoms with Crippen molar-refractivity contribution in [1.29, 1.82) is 0 Å². The number of unbranched alkanes of at least 4 members (excludes halogenated alkanes) is 25. The molecular weight excluding hydrogens is 810 g/mol. The van der Waals surface area contributed by atoms with Crippen LogP contribution in [0.15, 0.2) is 48.6 Å². The number of rotatable bonds is 47.